The lowest BCUT2D eigenvalue weighted by Crippen LogP contribution is -2.55. The Labute approximate surface area is 128 Å². The lowest BCUT2D eigenvalue weighted by Gasteiger charge is -2.34. The zero-order valence-electron chi connectivity index (χ0n) is 12.2. The molecule has 0 aromatic heterocycles. The topological polar surface area (TPSA) is 76.8 Å². The molecule has 0 aliphatic carbocycles. The number of hydrazine groups is 1. The van der Waals surface area contributed by atoms with Gasteiger partial charge in [-0.15, -0.1) is 0 Å². The number of nitrogens with zero attached hydrogens (tertiary/aromatic N) is 1. The van der Waals surface area contributed by atoms with Crippen LogP contribution in [-0.2, 0) is 0 Å². The number of methoxy groups -OCH3 is 1. The Morgan fingerprint density at radius 1 is 1.18 bits per heavy atom. The first-order chi connectivity index (χ1) is 10.7. The van der Waals surface area contributed by atoms with Crippen LogP contribution in [0, 0.1) is 0 Å². The van der Waals surface area contributed by atoms with E-state index in [0.29, 0.717) is 17.1 Å². The normalized spacial score (nSPS) is 16.7. The monoisotopic (exact) mass is 299 g/mol. The average Bonchev–Trinajstić information content (AvgIpc) is 2.57. The fourth-order valence-electron chi connectivity index (χ4n) is 2.31. The molecule has 1 amide bonds. The van der Waals surface area contributed by atoms with Gasteiger partial charge < -0.3 is 14.8 Å². The largest absolute Gasteiger partial charge is 0.497 e. The molecule has 0 radical (unpaired) electrons. The number of rotatable bonds is 4. The summed E-state index contributed by atoms with van der Waals surface area (Å²) in [6, 6.07) is 14.5. The third-order valence-electron chi connectivity index (χ3n) is 3.50. The molecule has 2 aromatic rings. The summed E-state index contributed by atoms with van der Waals surface area (Å²) in [5, 5.41) is 4.36. The summed E-state index contributed by atoms with van der Waals surface area (Å²) in [6.45, 7) is 0.226. The minimum atomic E-state index is -0.436. The molecule has 3 N–H and O–H groups in total. The Kier molecular flexibility index (Phi) is 3.84. The molecule has 0 bridgehead atoms. The molecule has 2 aromatic carbocycles. The summed E-state index contributed by atoms with van der Waals surface area (Å²) in [4.78, 5) is 12.2. The van der Waals surface area contributed by atoms with Gasteiger partial charge in [-0.2, -0.15) is 0 Å². The summed E-state index contributed by atoms with van der Waals surface area (Å²) in [5.41, 5.74) is 1.32. The number of hydrogen-bond donors (Lipinski definition) is 2. The van der Waals surface area contributed by atoms with E-state index < -0.39 is 6.17 Å². The van der Waals surface area contributed by atoms with Gasteiger partial charge in [-0.1, -0.05) is 18.2 Å². The third-order valence-corrected chi connectivity index (χ3v) is 3.50. The van der Waals surface area contributed by atoms with Gasteiger partial charge in [0.15, 0.2) is 6.17 Å². The number of amides is 1. The first-order valence-electron chi connectivity index (χ1n) is 6.89. The van der Waals surface area contributed by atoms with E-state index in [-0.39, 0.29) is 12.5 Å². The molecule has 114 valence electrons. The highest BCUT2D eigenvalue weighted by atomic mass is 16.5. The van der Waals surface area contributed by atoms with Crippen molar-refractivity contribution >= 4 is 11.6 Å². The summed E-state index contributed by atoms with van der Waals surface area (Å²) in [5.74, 6) is 7.01. The molecule has 1 heterocycles. The Balaban J connectivity index is 1.72. The van der Waals surface area contributed by atoms with Gasteiger partial charge in [-0.25, -0.2) is 5.84 Å². The first kappa shape index (κ1) is 14.2. The number of hydrogen-bond acceptors (Lipinski definition) is 5. The fraction of sp³-hybridized carbons (Fsp3) is 0.188. The second-order valence-electron chi connectivity index (χ2n) is 4.91. The number of para-hydroxylation sites is 1. The molecule has 6 nitrogen and oxygen atoms in total. The van der Waals surface area contributed by atoms with Gasteiger partial charge in [0.25, 0.3) is 5.91 Å². The second-order valence-corrected chi connectivity index (χ2v) is 4.91. The van der Waals surface area contributed by atoms with Crippen molar-refractivity contribution in [3.05, 3.63) is 54.1 Å². The van der Waals surface area contributed by atoms with Gasteiger partial charge in [0, 0.05) is 11.8 Å². The van der Waals surface area contributed by atoms with Crippen molar-refractivity contribution < 1.29 is 14.3 Å². The van der Waals surface area contributed by atoms with Crippen LogP contribution in [0.2, 0.25) is 0 Å². The average molecular weight is 299 g/mol. The second kappa shape index (κ2) is 5.95. The Bertz CT molecular complexity index is 690. The van der Waals surface area contributed by atoms with Crippen LogP contribution in [-0.4, -0.2) is 30.8 Å². The van der Waals surface area contributed by atoms with E-state index in [0.717, 1.165) is 10.7 Å². The van der Waals surface area contributed by atoms with Crippen LogP contribution in [0.3, 0.4) is 0 Å². The number of nitrogens with two attached hydrogens (primary N) is 1. The molecule has 1 atom stereocenters. The Morgan fingerprint density at radius 2 is 1.95 bits per heavy atom. The van der Waals surface area contributed by atoms with Gasteiger partial charge in [-0.05, 0) is 24.3 Å². The molecular weight excluding hydrogens is 282 g/mol. The SMILES string of the molecule is COc1cccc(OC[C@@H]2Nc3ccccc3C(=O)N2N)c1. The number of carbonyl (C=O) groups is 1. The molecule has 22 heavy (non-hydrogen) atoms. The van der Waals surface area contributed by atoms with Gasteiger partial charge in [0.2, 0.25) is 0 Å². The molecule has 1 aliphatic heterocycles. The summed E-state index contributed by atoms with van der Waals surface area (Å²) in [6.07, 6.45) is -0.436. The third kappa shape index (κ3) is 2.68. The van der Waals surface area contributed by atoms with Crippen LogP contribution in [0.5, 0.6) is 11.5 Å². The van der Waals surface area contributed by atoms with Crippen LogP contribution < -0.4 is 20.6 Å². The van der Waals surface area contributed by atoms with Gasteiger partial charge in [-0.3, -0.25) is 9.80 Å². The molecular formula is C16H17N3O3. The lowest BCUT2D eigenvalue weighted by molar-refractivity contribution is 0.0628. The summed E-state index contributed by atoms with van der Waals surface area (Å²) >= 11 is 0. The van der Waals surface area contributed by atoms with E-state index >= 15 is 0 Å². The van der Waals surface area contributed by atoms with Gasteiger partial charge in [0.05, 0.1) is 12.7 Å². The molecule has 0 fully saturated rings. The predicted octanol–water partition coefficient (Wildman–Crippen LogP) is 1.84. The van der Waals surface area contributed by atoms with Crippen LogP contribution in [0.1, 0.15) is 10.4 Å². The maximum Gasteiger partial charge on any atom is 0.271 e. The van der Waals surface area contributed by atoms with Crippen molar-refractivity contribution in [1.82, 2.24) is 5.01 Å². The molecule has 0 saturated heterocycles. The van der Waals surface area contributed by atoms with Crippen molar-refractivity contribution in [2.75, 3.05) is 19.0 Å². The van der Waals surface area contributed by atoms with E-state index in [1.807, 2.05) is 30.3 Å². The van der Waals surface area contributed by atoms with Crippen molar-refractivity contribution in [2.24, 2.45) is 5.84 Å². The highest BCUT2D eigenvalue weighted by Crippen LogP contribution is 2.24. The molecule has 1 aliphatic rings. The number of nitrogens with one attached hydrogen (secondary N) is 1. The summed E-state index contributed by atoms with van der Waals surface area (Å²) < 4.78 is 10.9. The number of fused-ring (bicyclic) bond motifs is 1. The zero-order chi connectivity index (χ0) is 15.5. The van der Waals surface area contributed by atoms with Crippen molar-refractivity contribution in [3.8, 4) is 11.5 Å². The van der Waals surface area contributed by atoms with Crippen LogP contribution in [0.15, 0.2) is 48.5 Å². The smallest absolute Gasteiger partial charge is 0.271 e. The minimum absolute atomic E-state index is 0.226. The van der Waals surface area contributed by atoms with Gasteiger partial charge >= 0.3 is 0 Å². The minimum Gasteiger partial charge on any atom is -0.497 e. The Morgan fingerprint density at radius 3 is 2.77 bits per heavy atom. The number of benzene rings is 2. The highest BCUT2D eigenvalue weighted by Gasteiger charge is 2.30. The molecule has 0 unspecified atom stereocenters. The quantitative estimate of drug-likeness (QED) is 0.665. The standard InChI is InChI=1S/C16H17N3O3/c1-21-11-5-4-6-12(9-11)22-10-15-18-14-8-3-2-7-13(14)16(20)19(15)17/h2-9,15,18H,10,17H2,1H3/t15-/m1/s1. The maximum atomic E-state index is 12.2. The molecule has 3 rings (SSSR count). The van der Waals surface area contributed by atoms with E-state index in [1.54, 1.807) is 25.3 Å². The van der Waals surface area contributed by atoms with E-state index in [1.165, 1.54) is 0 Å². The van der Waals surface area contributed by atoms with Gasteiger partial charge in [0.1, 0.15) is 18.1 Å². The van der Waals surface area contributed by atoms with E-state index in [9.17, 15) is 4.79 Å². The molecule has 6 heteroatoms. The summed E-state index contributed by atoms with van der Waals surface area (Å²) in [7, 11) is 1.60. The number of carbonyl (C=O) groups excluding carboxylic acids is 1. The molecule has 0 saturated carbocycles. The van der Waals surface area contributed by atoms with E-state index in [4.69, 9.17) is 15.3 Å². The van der Waals surface area contributed by atoms with Crippen LogP contribution >= 0.6 is 0 Å². The fourth-order valence-corrected chi connectivity index (χ4v) is 2.31. The van der Waals surface area contributed by atoms with Crippen molar-refractivity contribution in [2.45, 2.75) is 6.17 Å². The van der Waals surface area contributed by atoms with E-state index in [2.05, 4.69) is 5.32 Å². The predicted molar refractivity (Wildman–Crippen MR) is 82.7 cm³/mol. The van der Waals surface area contributed by atoms with Crippen molar-refractivity contribution in [1.29, 1.82) is 0 Å². The highest BCUT2D eigenvalue weighted by molar-refractivity contribution is 6.01. The number of ether oxygens (including phenoxy) is 2. The lowest BCUT2D eigenvalue weighted by atomic mass is 10.1. The van der Waals surface area contributed by atoms with Crippen LogP contribution in [0.25, 0.3) is 0 Å². The number of anilines is 1. The Hall–Kier alpha value is -2.73. The van der Waals surface area contributed by atoms with Crippen LogP contribution in [0.4, 0.5) is 5.69 Å². The first-order valence-corrected chi connectivity index (χ1v) is 6.89. The maximum absolute atomic E-state index is 12.2. The zero-order valence-corrected chi connectivity index (χ0v) is 12.2. The van der Waals surface area contributed by atoms with Crippen molar-refractivity contribution in [3.63, 3.8) is 0 Å². The molecule has 0 spiro atoms.